The second-order valence-electron chi connectivity index (χ2n) is 2.46. The molecule has 1 fully saturated rings. The van der Waals surface area contributed by atoms with E-state index in [1.165, 1.54) is 25.7 Å². The van der Waals surface area contributed by atoms with Crippen LogP contribution in [0, 0.1) is 12.3 Å². The quantitative estimate of drug-likeness (QED) is 0.480. The zero-order valence-electron chi connectivity index (χ0n) is 5.07. The minimum atomic E-state index is 0.821. The SMILES string of the molecule is ClCC1CC[CH]CC1. The first-order valence-electron chi connectivity index (χ1n) is 3.31. The van der Waals surface area contributed by atoms with Gasteiger partial charge in [0, 0.05) is 5.88 Å². The van der Waals surface area contributed by atoms with Crippen molar-refractivity contribution in [2.75, 3.05) is 5.88 Å². The van der Waals surface area contributed by atoms with Gasteiger partial charge in [-0.05, 0) is 38.0 Å². The second kappa shape index (κ2) is 3.34. The zero-order valence-corrected chi connectivity index (χ0v) is 5.82. The summed E-state index contributed by atoms with van der Waals surface area (Å²) < 4.78 is 0. The zero-order chi connectivity index (χ0) is 5.82. The van der Waals surface area contributed by atoms with Gasteiger partial charge < -0.3 is 0 Å². The van der Waals surface area contributed by atoms with E-state index in [1.807, 2.05) is 0 Å². The number of hydrogen-bond donors (Lipinski definition) is 0. The molecule has 1 saturated carbocycles. The normalized spacial score (nSPS) is 23.6. The van der Waals surface area contributed by atoms with Gasteiger partial charge >= 0.3 is 0 Å². The molecule has 0 aliphatic heterocycles. The van der Waals surface area contributed by atoms with E-state index in [1.54, 1.807) is 0 Å². The molecule has 0 amide bonds. The molecule has 0 atom stereocenters. The molecule has 0 nitrogen and oxygen atoms in total. The highest BCUT2D eigenvalue weighted by Crippen LogP contribution is 2.23. The van der Waals surface area contributed by atoms with E-state index in [0.717, 1.165) is 11.8 Å². The lowest BCUT2D eigenvalue weighted by atomic mass is 9.91. The minimum Gasteiger partial charge on any atom is -0.126 e. The van der Waals surface area contributed by atoms with Gasteiger partial charge in [-0.1, -0.05) is 0 Å². The lowest BCUT2D eigenvalue weighted by molar-refractivity contribution is 0.444. The third kappa shape index (κ3) is 1.66. The first-order valence-corrected chi connectivity index (χ1v) is 3.84. The fraction of sp³-hybridized carbons (Fsp3) is 0.857. The van der Waals surface area contributed by atoms with Crippen molar-refractivity contribution in [3.05, 3.63) is 6.42 Å². The van der Waals surface area contributed by atoms with Crippen LogP contribution in [0.3, 0.4) is 0 Å². The molecule has 0 N–H and O–H groups in total. The number of rotatable bonds is 1. The molecule has 47 valence electrons. The van der Waals surface area contributed by atoms with Gasteiger partial charge in [0.1, 0.15) is 0 Å². The molecule has 1 aliphatic rings. The lowest BCUT2D eigenvalue weighted by Crippen LogP contribution is -2.07. The molecule has 0 unspecified atom stereocenters. The molecule has 0 spiro atoms. The van der Waals surface area contributed by atoms with Crippen molar-refractivity contribution >= 4 is 11.6 Å². The molecule has 1 radical (unpaired) electrons. The first-order chi connectivity index (χ1) is 3.93. The largest absolute Gasteiger partial charge is 0.126 e. The van der Waals surface area contributed by atoms with Crippen LogP contribution in [-0.4, -0.2) is 5.88 Å². The van der Waals surface area contributed by atoms with Crippen LogP contribution in [0.1, 0.15) is 25.7 Å². The monoisotopic (exact) mass is 131 g/mol. The average Bonchev–Trinajstić information content (AvgIpc) is 1.90. The summed E-state index contributed by atoms with van der Waals surface area (Å²) in [7, 11) is 0. The fourth-order valence-electron chi connectivity index (χ4n) is 1.15. The topological polar surface area (TPSA) is 0 Å². The molecular formula is C7H12Cl. The van der Waals surface area contributed by atoms with Gasteiger partial charge in [-0.25, -0.2) is 0 Å². The number of halogens is 1. The highest BCUT2D eigenvalue weighted by atomic mass is 35.5. The summed E-state index contributed by atoms with van der Waals surface area (Å²) in [6.45, 7) is 0. The molecule has 0 aromatic rings. The van der Waals surface area contributed by atoms with E-state index < -0.39 is 0 Å². The average molecular weight is 132 g/mol. The smallest absolute Gasteiger partial charge is 0.0251 e. The molecule has 8 heavy (non-hydrogen) atoms. The standard InChI is InChI=1S/C7H12Cl/c8-6-7-4-2-1-3-5-7/h1,7H,2-6H2. The van der Waals surface area contributed by atoms with Crippen molar-refractivity contribution in [2.24, 2.45) is 5.92 Å². The van der Waals surface area contributed by atoms with E-state index in [-0.39, 0.29) is 0 Å². The van der Waals surface area contributed by atoms with Crippen LogP contribution in [0.5, 0.6) is 0 Å². The van der Waals surface area contributed by atoms with Gasteiger partial charge in [-0.2, -0.15) is 0 Å². The molecule has 0 bridgehead atoms. The van der Waals surface area contributed by atoms with E-state index in [4.69, 9.17) is 11.6 Å². The van der Waals surface area contributed by atoms with Gasteiger partial charge in [-0.3, -0.25) is 0 Å². The molecule has 1 heteroatoms. The Hall–Kier alpha value is 0.290. The second-order valence-corrected chi connectivity index (χ2v) is 2.77. The maximum Gasteiger partial charge on any atom is 0.0251 e. The van der Waals surface area contributed by atoms with Gasteiger partial charge in [-0.15, -0.1) is 11.6 Å². The Bertz CT molecular complexity index is 55.4. The summed E-state index contributed by atoms with van der Waals surface area (Å²) >= 11 is 5.67. The summed E-state index contributed by atoms with van der Waals surface area (Å²) in [6.07, 6.45) is 7.59. The minimum absolute atomic E-state index is 0.821. The Morgan fingerprint density at radius 3 is 2.38 bits per heavy atom. The third-order valence-corrected chi connectivity index (χ3v) is 2.21. The Morgan fingerprint density at radius 1 is 1.38 bits per heavy atom. The van der Waals surface area contributed by atoms with E-state index >= 15 is 0 Å². The summed E-state index contributed by atoms with van der Waals surface area (Å²) in [6, 6.07) is 0. The summed E-state index contributed by atoms with van der Waals surface area (Å²) in [5, 5.41) is 0. The van der Waals surface area contributed by atoms with Gasteiger partial charge in [0.05, 0.1) is 0 Å². The summed E-state index contributed by atoms with van der Waals surface area (Å²) in [5.41, 5.74) is 0. The highest BCUT2D eigenvalue weighted by molar-refractivity contribution is 6.18. The van der Waals surface area contributed by atoms with Gasteiger partial charge in [0.15, 0.2) is 0 Å². The maximum absolute atomic E-state index is 5.67. The molecule has 0 heterocycles. The van der Waals surface area contributed by atoms with Crippen LogP contribution >= 0.6 is 11.6 Å². The Labute approximate surface area is 56.2 Å². The summed E-state index contributed by atoms with van der Waals surface area (Å²) in [5.74, 6) is 1.69. The van der Waals surface area contributed by atoms with Gasteiger partial charge in [0.2, 0.25) is 0 Å². The van der Waals surface area contributed by atoms with Crippen LogP contribution in [-0.2, 0) is 0 Å². The Kier molecular flexibility index (Phi) is 2.68. The van der Waals surface area contributed by atoms with Crippen molar-refractivity contribution in [2.45, 2.75) is 25.7 Å². The third-order valence-electron chi connectivity index (χ3n) is 1.78. The van der Waals surface area contributed by atoms with Crippen LogP contribution in [0.25, 0.3) is 0 Å². The van der Waals surface area contributed by atoms with Gasteiger partial charge in [0.25, 0.3) is 0 Å². The van der Waals surface area contributed by atoms with E-state index in [0.29, 0.717) is 0 Å². The van der Waals surface area contributed by atoms with E-state index in [9.17, 15) is 0 Å². The van der Waals surface area contributed by atoms with Crippen molar-refractivity contribution < 1.29 is 0 Å². The highest BCUT2D eigenvalue weighted by Gasteiger charge is 2.10. The van der Waals surface area contributed by atoms with Crippen molar-refractivity contribution in [1.29, 1.82) is 0 Å². The predicted molar refractivity (Wildman–Crippen MR) is 37.0 cm³/mol. The van der Waals surface area contributed by atoms with Crippen LogP contribution in [0.15, 0.2) is 0 Å². The maximum atomic E-state index is 5.67. The molecule has 0 aromatic heterocycles. The predicted octanol–water partition coefficient (Wildman–Crippen LogP) is 2.62. The fourth-order valence-corrected chi connectivity index (χ4v) is 1.46. The van der Waals surface area contributed by atoms with Crippen molar-refractivity contribution in [3.63, 3.8) is 0 Å². The Morgan fingerprint density at radius 2 is 2.00 bits per heavy atom. The van der Waals surface area contributed by atoms with Crippen LogP contribution < -0.4 is 0 Å². The Balaban J connectivity index is 2.13. The molecule has 0 saturated heterocycles. The number of alkyl halides is 1. The van der Waals surface area contributed by atoms with Crippen molar-refractivity contribution in [3.8, 4) is 0 Å². The molecular weight excluding hydrogens is 120 g/mol. The first kappa shape index (κ1) is 6.41. The number of hydrogen-bond acceptors (Lipinski definition) is 0. The van der Waals surface area contributed by atoms with Crippen LogP contribution in [0.4, 0.5) is 0 Å². The molecule has 1 aliphatic carbocycles. The van der Waals surface area contributed by atoms with E-state index in [2.05, 4.69) is 6.42 Å². The molecule has 0 aromatic carbocycles. The molecule has 1 rings (SSSR count). The lowest BCUT2D eigenvalue weighted by Gasteiger charge is -2.17. The summed E-state index contributed by atoms with van der Waals surface area (Å²) in [4.78, 5) is 0. The van der Waals surface area contributed by atoms with Crippen molar-refractivity contribution in [1.82, 2.24) is 0 Å². The van der Waals surface area contributed by atoms with Crippen LogP contribution in [0.2, 0.25) is 0 Å².